The number of benzene rings is 2. The second kappa shape index (κ2) is 6.68. The van der Waals surface area contributed by atoms with E-state index >= 15 is 0 Å². The second-order valence-corrected chi connectivity index (χ2v) is 7.82. The summed E-state index contributed by atoms with van der Waals surface area (Å²) in [4.78, 5) is 11.1. The molecule has 0 heterocycles. The van der Waals surface area contributed by atoms with Crippen molar-refractivity contribution >= 4 is 38.1 Å². The van der Waals surface area contributed by atoms with E-state index in [0.717, 1.165) is 18.4 Å². The van der Waals surface area contributed by atoms with E-state index in [4.69, 9.17) is 11.6 Å². The Balaban J connectivity index is 2.69. The highest BCUT2D eigenvalue weighted by atomic mass is 35.5. The molecule has 0 aliphatic carbocycles. The largest absolute Gasteiger partial charge is 0.354 e. The average molecular weight is 392 g/mol. The molecule has 1 N–H and O–H groups in total. The number of hydrogen-bond donors (Lipinski definition) is 1. The smallest absolute Gasteiger partial charge is 0.252 e. The molecule has 9 heteroatoms. The third-order valence-electron chi connectivity index (χ3n) is 3.61. The zero-order valence-electron chi connectivity index (χ0n) is 13.4. The van der Waals surface area contributed by atoms with Crippen molar-refractivity contribution in [2.75, 3.05) is 11.6 Å². The predicted octanol–water partition coefficient (Wildman–Crippen LogP) is 4.25. The minimum Gasteiger partial charge on any atom is -0.354 e. The molecule has 0 radical (unpaired) electrons. The number of aryl methyl sites for hydroxylation is 1. The molecule has 0 fully saturated rings. The van der Waals surface area contributed by atoms with Crippen molar-refractivity contribution in [2.45, 2.75) is 18.7 Å². The molecule has 0 saturated carbocycles. The van der Waals surface area contributed by atoms with Gasteiger partial charge in [-0.15, -0.1) is 0 Å². The maximum atomic E-state index is 13.7. The van der Waals surface area contributed by atoms with Crippen LogP contribution in [0.15, 0.2) is 23.1 Å². The quantitative estimate of drug-likeness (QED) is 0.625. The summed E-state index contributed by atoms with van der Waals surface area (Å²) in [6, 6.07) is 3.11. The first-order valence-electron chi connectivity index (χ1n) is 6.89. The van der Waals surface area contributed by atoms with E-state index in [-0.39, 0.29) is 27.4 Å². The highest BCUT2D eigenvalue weighted by molar-refractivity contribution is 7.90. The van der Waals surface area contributed by atoms with Gasteiger partial charge in [-0.1, -0.05) is 0 Å². The third-order valence-corrected chi connectivity index (χ3v) is 4.95. The number of halogens is 4. The number of anilines is 2. The molecule has 0 saturated heterocycles. The van der Waals surface area contributed by atoms with Crippen molar-refractivity contribution in [3.8, 4) is 0 Å². The van der Waals surface area contributed by atoms with Crippen LogP contribution in [-0.4, -0.2) is 19.9 Å². The maximum absolute atomic E-state index is 13.7. The fourth-order valence-corrected chi connectivity index (χ4v) is 3.31. The third kappa shape index (κ3) is 3.80. The summed E-state index contributed by atoms with van der Waals surface area (Å²) in [5.41, 5.74) is -0.0502. The summed E-state index contributed by atoms with van der Waals surface area (Å²) in [5.74, 6) is -4.42. The van der Waals surface area contributed by atoms with E-state index in [0.29, 0.717) is 5.56 Å². The Hall–Kier alpha value is -2.06. The van der Waals surface area contributed by atoms with Gasteiger partial charge in [0.15, 0.2) is 27.3 Å². The van der Waals surface area contributed by atoms with Crippen LogP contribution in [0.1, 0.15) is 21.5 Å². The topological polar surface area (TPSA) is 63.2 Å². The summed E-state index contributed by atoms with van der Waals surface area (Å²) < 4.78 is 64.4. The SMILES string of the molecule is Cc1cc(Nc2cc(F)c(F)c(F)c2C)c(S(C)(=O)=O)cc1C(=O)Cl. The van der Waals surface area contributed by atoms with Crippen LogP contribution in [0.25, 0.3) is 0 Å². The fourth-order valence-electron chi connectivity index (χ4n) is 2.27. The van der Waals surface area contributed by atoms with Gasteiger partial charge in [0.05, 0.1) is 10.6 Å². The molecule has 0 amide bonds. The monoisotopic (exact) mass is 391 g/mol. The molecular weight excluding hydrogens is 379 g/mol. The van der Waals surface area contributed by atoms with Gasteiger partial charge in [-0.25, -0.2) is 21.6 Å². The average Bonchev–Trinajstić information content (AvgIpc) is 2.49. The summed E-state index contributed by atoms with van der Waals surface area (Å²) in [6.07, 6.45) is 0.907. The molecule has 0 bridgehead atoms. The van der Waals surface area contributed by atoms with Gasteiger partial charge in [-0.2, -0.15) is 0 Å². The molecule has 4 nitrogen and oxygen atoms in total. The van der Waals surface area contributed by atoms with Crippen molar-refractivity contribution < 1.29 is 26.4 Å². The van der Waals surface area contributed by atoms with Crippen molar-refractivity contribution in [3.63, 3.8) is 0 Å². The highest BCUT2D eigenvalue weighted by Crippen LogP contribution is 2.32. The first kappa shape index (κ1) is 19.3. The lowest BCUT2D eigenvalue weighted by Crippen LogP contribution is -2.08. The highest BCUT2D eigenvalue weighted by Gasteiger charge is 2.21. The van der Waals surface area contributed by atoms with Crippen molar-refractivity contribution in [1.29, 1.82) is 0 Å². The van der Waals surface area contributed by atoms with E-state index in [1.54, 1.807) is 0 Å². The number of sulfone groups is 1. The first-order valence-corrected chi connectivity index (χ1v) is 9.16. The van der Waals surface area contributed by atoms with Gasteiger partial charge in [0, 0.05) is 29.1 Å². The van der Waals surface area contributed by atoms with E-state index in [1.165, 1.54) is 19.9 Å². The van der Waals surface area contributed by atoms with E-state index < -0.39 is 32.5 Å². The van der Waals surface area contributed by atoms with Gasteiger partial charge < -0.3 is 5.32 Å². The van der Waals surface area contributed by atoms with Gasteiger partial charge in [-0.05, 0) is 43.1 Å². The minimum atomic E-state index is -3.80. The molecule has 0 aromatic heterocycles. The van der Waals surface area contributed by atoms with Crippen LogP contribution < -0.4 is 5.32 Å². The van der Waals surface area contributed by atoms with E-state index in [1.807, 2.05) is 0 Å². The standard InChI is InChI=1S/C16H13ClF3NO3S/c1-7-4-12(13(25(3,23)24)5-9(7)16(17)22)21-11-6-10(18)15(20)14(19)8(11)2/h4-6,21H,1-3H3. The zero-order chi connectivity index (χ0) is 19.1. The van der Waals surface area contributed by atoms with Crippen molar-refractivity contribution in [2.24, 2.45) is 0 Å². The fraction of sp³-hybridized carbons (Fsp3) is 0.188. The van der Waals surface area contributed by atoms with Gasteiger partial charge in [0.2, 0.25) is 0 Å². The van der Waals surface area contributed by atoms with E-state index in [2.05, 4.69) is 5.32 Å². The van der Waals surface area contributed by atoms with Crippen LogP contribution in [0.3, 0.4) is 0 Å². The Morgan fingerprint density at radius 2 is 1.64 bits per heavy atom. The van der Waals surface area contributed by atoms with Crippen LogP contribution in [0.2, 0.25) is 0 Å². The van der Waals surface area contributed by atoms with Crippen LogP contribution in [0.4, 0.5) is 24.5 Å². The molecule has 0 atom stereocenters. The van der Waals surface area contributed by atoms with Crippen LogP contribution in [0.5, 0.6) is 0 Å². The lowest BCUT2D eigenvalue weighted by molar-refractivity contribution is 0.108. The predicted molar refractivity (Wildman–Crippen MR) is 88.8 cm³/mol. The number of rotatable bonds is 4. The van der Waals surface area contributed by atoms with Crippen molar-refractivity contribution in [3.05, 3.63) is 52.3 Å². The molecule has 2 aromatic carbocycles. The molecule has 134 valence electrons. The molecule has 0 aliphatic rings. The van der Waals surface area contributed by atoms with Crippen molar-refractivity contribution in [1.82, 2.24) is 0 Å². The molecule has 2 rings (SSSR count). The zero-order valence-corrected chi connectivity index (χ0v) is 14.9. The number of carbonyl (C=O) groups is 1. The Kier molecular flexibility index (Phi) is 5.15. The number of nitrogens with one attached hydrogen (secondary N) is 1. The molecule has 0 spiro atoms. The molecular formula is C16H13ClF3NO3S. The van der Waals surface area contributed by atoms with Crippen LogP contribution >= 0.6 is 11.6 Å². The molecule has 2 aromatic rings. The van der Waals surface area contributed by atoms with Gasteiger partial charge in [-0.3, -0.25) is 4.79 Å². The Bertz CT molecular complexity index is 991. The summed E-state index contributed by atoms with van der Waals surface area (Å²) in [7, 11) is -3.80. The summed E-state index contributed by atoms with van der Waals surface area (Å²) >= 11 is 5.43. The Morgan fingerprint density at radius 1 is 1.04 bits per heavy atom. The normalized spacial score (nSPS) is 11.5. The summed E-state index contributed by atoms with van der Waals surface area (Å²) in [6.45, 7) is 2.73. The Morgan fingerprint density at radius 3 is 2.16 bits per heavy atom. The van der Waals surface area contributed by atoms with Gasteiger partial charge >= 0.3 is 0 Å². The molecule has 0 unspecified atom stereocenters. The minimum absolute atomic E-state index is 0.0131. The number of hydrogen-bond acceptors (Lipinski definition) is 4. The molecule has 0 aliphatic heterocycles. The van der Waals surface area contributed by atoms with E-state index in [9.17, 15) is 26.4 Å². The van der Waals surface area contributed by atoms with Gasteiger partial charge in [0.1, 0.15) is 0 Å². The van der Waals surface area contributed by atoms with Crippen LogP contribution in [0, 0.1) is 31.3 Å². The lowest BCUT2D eigenvalue weighted by Gasteiger charge is -2.16. The summed E-state index contributed by atoms with van der Waals surface area (Å²) in [5, 5.41) is 1.74. The second-order valence-electron chi connectivity index (χ2n) is 5.49. The Labute approximate surface area is 147 Å². The molecule has 25 heavy (non-hydrogen) atoms. The first-order chi connectivity index (χ1) is 11.4. The maximum Gasteiger partial charge on any atom is 0.252 e. The van der Waals surface area contributed by atoms with Gasteiger partial charge in [0.25, 0.3) is 5.24 Å². The van der Waals surface area contributed by atoms with Crippen LogP contribution in [-0.2, 0) is 9.84 Å². The lowest BCUT2D eigenvalue weighted by atomic mass is 10.1. The number of carbonyl (C=O) groups excluding carboxylic acids is 1.